The zero-order valence-electron chi connectivity index (χ0n) is 23.4. The number of amidine groups is 1. The number of fused-ring (bicyclic) bond motifs is 1. The second-order valence-electron chi connectivity index (χ2n) is 10.9. The Labute approximate surface area is 246 Å². The fourth-order valence-electron chi connectivity index (χ4n) is 6.07. The topological polar surface area (TPSA) is 73.2 Å². The van der Waals surface area contributed by atoms with Gasteiger partial charge in [-0.05, 0) is 81.7 Å². The SMILES string of the molecule is NC=CC=CC1C=C1c1ccc(-c2ccc(C3[NH+]=C(c4ccccc4)[NH2+]C(c4ccccc4)[NH2+]3)cc2)c2ccccc12. The summed E-state index contributed by atoms with van der Waals surface area (Å²) in [5.74, 6) is 1.55. The van der Waals surface area contributed by atoms with Crippen molar-refractivity contribution in [2.75, 3.05) is 0 Å². The predicted molar refractivity (Wildman–Crippen MR) is 171 cm³/mol. The van der Waals surface area contributed by atoms with Gasteiger partial charge >= 0.3 is 12.0 Å². The number of nitrogens with two attached hydrogens (primary N) is 3. The zero-order chi connectivity index (χ0) is 28.3. The summed E-state index contributed by atoms with van der Waals surface area (Å²) in [4.78, 5) is 3.81. The van der Waals surface area contributed by atoms with E-state index in [-0.39, 0.29) is 12.3 Å². The summed E-state index contributed by atoms with van der Waals surface area (Å²) >= 11 is 0. The summed E-state index contributed by atoms with van der Waals surface area (Å²) in [5, 5.41) is 7.33. The van der Waals surface area contributed by atoms with Gasteiger partial charge in [-0.3, -0.25) is 0 Å². The lowest BCUT2D eigenvalue weighted by atomic mass is 9.93. The van der Waals surface area contributed by atoms with Crippen LogP contribution in [0.15, 0.2) is 152 Å². The van der Waals surface area contributed by atoms with Crippen LogP contribution in [0, 0.1) is 5.92 Å². The summed E-state index contributed by atoms with van der Waals surface area (Å²) in [6, 6.07) is 43.8. The molecule has 4 heteroatoms. The van der Waals surface area contributed by atoms with E-state index in [1.165, 1.54) is 55.6 Å². The van der Waals surface area contributed by atoms with Crippen molar-refractivity contribution in [2.45, 2.75) is 12.3 Å². The lowest BCUT2D eigenvalue weighted by molar-refractivity contribution is -0.998. The van der Waals surface area contributed by atoms with Crippen molar-refractivity contribution < 1.29 is 15.6 Å². The van der Waals surface area contributed by atoms with Crippen molar-refractivity contribution in [3.8, 4) is 11.1 Å². The standard InChI is InChI=1S/C38H32N4/c39-24-10-9-15-30-25-35(30)34-23-22-31(32-16-7-8-17-33(32)34)26-18-20-29(21-19-26)38-41-36(27-11-3-1-4-12-27)40-37(42-38)28-13-5-2-6-14-28/h1-25,30,36,38,41H,39H2,(H,40,42)/p+3. The number of quaternary nitrogens is 2. The van der Waals surface area contributed by atoms with Crippen LogP contribution >= 0.6 is 0 Å². The molecule has 2 aliphatic rings. The van der Waals surface area contributed by atoms with Crippen molar-refractivity contribution in [3.05, 3.63) is 174 Å². The molecular weight excluding hydrogens is 512 g/mol. The Morgan fingerprint density at radius 1 is 0.619 bits per heavy atom. The Bertz CT molecular complexity index is 1830. The average Bonchev–Trinajstić information content (AvgIpc) is 3.84. The summed E-state index contributed by atoms with van der Waals surface area (Å²) < 4.78 is 0. The van der Waals surface area contributed by atoms with E-state index in [0.29, 0.717) is 5.92 Å². The number of hydrogen-bond acceptors (Lipinski definition) is 1. The molecule has 0 fully saturated rings. The fourth-order valence-corrected chi connectivity index (χ4v) is 6.07. The maximum atomic E-state index is 5.48. The molecule has 0 spiro atoms. The van der Waals surface area contributed by atoms with Crippen LogP contribution in [0.5, 0.6) is 0 Å². The first kappa shape index (κ1) is 25.9. The van der Waals surface area contributed by atoms with Gasteiger partial charge in [0.1, 0.15) is 5.56 Å². The highest BCUT2D eigenvalue weighted by atomic mass is 15.3. The maximum absolute atomic E-state index is 5.48. The zero-order valence-corrected chi connectivity index (χ0v) is 23.4. The van der Waals surface area contributed by atoms with Gasteiger partial charge < -0.3 is 5.73 Å². The largest absolute Gasteiger partial charge is 0.405 e. The van der Waals surface area contributed by atoms with Crippen LogP contribution < -0.4 is 21.4 Å². The highest BCUT2D eigenvalue weighted by Gasteiger charge is 2.37. The molecule has 0 radical (unpaired) electrons. The summed E-state index contributed by atoms with van der Waals surface area (Å²) in [6.45, 7) is 0. The van der Waals surface area contributed by atoms with Crippen LogP contribution in [-0.2, 0) is 0 Å². The molecule has 4 nitrogen and oxygen atoms in total. The first-order valence-electron chi connectivity index (χ1n) is 14.6. The molecule has 7 N–H and O–H groups in total. The third-order valence-electron chi connectivity index (χ3n) is 8.29. The molecule has 1 aliphatic heterocycles. The third kappa shape index (κ3) is 5.21. The first-order chi connectivity index (χ1) is 20.8. The first-order valence-corrected chi connectivity index (χ1v) is 14.6. The third-order valence-corrected chi connectivity index (χ3v) is 8.29. The smallest absolute Gasteiger partial charge is 0.376 e. The van der Waals surface area contributed by atoms with E-state index in [1.54, 1.807) is 6.20 Å². The number of benzene rings is 5. The van der Waals surface area contributed by atoms with Crippen molar-refractivity contribution >= 4 is 22.2 Å². The van der Waals surface area contributed by atoms with Crippen LogP contribution in [0.25, 0.3) is 27.5 Å². The highest BCUT2D eigenvalue weighted by Crippen LogP contribution is 2.44. The molecule has 3 atom stereocenters. The molecule has 204 valence electrons. The molecule has 7 rings (SSSR count). The van der Waals surface area contributed by atoms with Crippen molar-refractivity contribution in [2.24, 2.45) is 11.7 Å². The molecule has 3 unspecified atom stereocenters. The molecule has 0 bridgehead atoms. The number of hydrogen-bond donors (Lipinski definition) is 4. The Balaban J connectivity index is 1.20. The molecule has 42 heavy (non-hydrogen) atoms. The fraction of sp³-hybridized carbons (Fsp3) is 0.0789. The minimum absolute atomic E-state index is 0.101. The minimum Gasteiger partial charge on any atom is -0.405 e. The van der Waals surface area contributed by atoms with E-state index in [9.17, 15) is 0 Å². The van der Waals surface area contributed by atoms with Crippen LogP contribution in [0.1, 0.15) is 34.6 Å². The van der Waals surface area contributed by atoms with Gasteiger partial charge in [-0.2, -0.15) is 0 Å². The lowest BCUT2D eigenvalue weighted by Gasteiger charge is -2.20. The lowest BCUT2D eigenvalue weighted by Crippen LogP contribution is -3.22. The van der Waals surface area contributed by atoms with Gasteiger partial charge in [-0.15, -0.1) is 4.99 Å². The van der Waals surface area contributed by atoms with E-state index in [0.717, 1.165) is 0 Å². The van der Waals surface area contributed by atoms with Crippen molar-refractivity contribution in [1.82, 2.24) is 0 Å². The average molecular weight is 548 g/mol. The minimum atomic E-state index is 0.101. The van der Waals surface area contributed by atoms with Gasteiger partial charge in [0.15, 0.2) is 0 Å². The highest BCUT2D eigenvalue weighted by molar-refractivity contribution is 6.05. The molecular formula is C38H35N4+3. The molecule has 5 aromatic carbocycles. The van der Waals surface area contributed by atoms with Gasteiger partial charge in [-0.25, -0.2) is 10.6 Å². The molecule has 0 saturated heterocycles. The van der Waals surface area contributed by atoms with Gasteiger partial charge in [0.25, 0.3) is 6.17 Å². The number of allylic oxidation sites excluding steroid dienone is 5. The monoisotopic (exact) mass is 547 g/mol. The van der Waals surface area contributed by atoms with Gasteiger partial charge in [0.2, 0.25) is 0 Å². The Hall–Kier alpha value is -5.03. The number of rotatable bonds is 7. The van der Waals surface area contributed by atoms with Crippen LogP contribution in [-0.4, -0.2) is 5.84 Å². The van der Waals surface area contributed by atoms with E-state index < -0.39 is 0 Å². The van der Waals surface area contributed by atoms with Gasteiger partial charge in [-0.1, -0.05) is 103 Å². The van der Waals surface area contributed by atoms with E-state index in [4.69, 9.17) is 5.73 Å². The Morgan fingerprint density at radius 3 is 2.02 bits per heavy atom. The number of nitrogen functional groups attached to an aromatic ring is 1. The Kier molecular flexibility index (Phi) is 7.07. The molecule has 0 aromatic heterocycles. The number of nitrogens with one attached hydrogen (secondary N) is 1. The van der Waals surface area contributed by atoms with Gasteiger partial charge in [0, 0.05) is 5.92 Å². The maximum Gasteiger partial charge on any atom is 0.376 e. The second-order valence-corrected chi connectivity index (χ2v) is 10.9. The van der Waals surface area contributed by atoms with Crippen LogP contribution in [0.4, 0.5) is 0 Å². The van der Waals surface area contributed by atoms with E-state index >= 15 is 0 Å². The molecule has 0 amide bonds. The molecule has 1 heterocycles. The van der Waals surface area contributed by atoms with Gasteiger partial charge in [0.05, 0.1) is 11.1 Å². The normalized spacial score (nSPS) is 20.1. The van der Waals surface area contributed by atoms with E-state index in [2.05, 4.69) is 149 Å². The summed E-state index contributed by atoms with van der Waals surface area (Å²) in [7, 11) is 0. The van der Waals surface area contributed by atoms with Crippen molar-refractivity contribution in [1.29, 1.82) is 0 Å². The summed E-state index contributed by atoms with van der Waals surface area (Å²) in [5.41, 5.74) is 14.4. The van der Waals surface area contributed by atoms with Crippen LogP contribution in [0.3, 0.4) is 0 Å². The van der Waals surface area contributed by atoms with Crippen LogP contribution in [0.2, 0.25) is 0 Å². The van der Waals surface area contributed by atoms with Crippen molar-refractivity contribution in [3.63, 3.8) is 0 Å². The molecule has 1 aliphatic carbocycles. The quantitative estimate of drug-likeness (QED) is 0.229. The molecule has 0 saturated carbocycles. The second kappa shape index (κ2) is 11.5. The predicted octanol–water partition coefficient (Wildman–Crippen LogP) is 3.91. The summed E-state index contributed by atoms with van der Waals surface area (Å²) in [6.07, 6.45) is 10.3. The Morgan fingerprint density at radius 2 is 1.29 bits per heavy atom. The van der Waals surface area contributed by atoms with E-state index in [1.807, 2.05) is 12.2 Å². The molecule has 5 aromatic rings.